The molecule has 2 N–H and O–H groups in total. The van der Waals surface area contributed by atoms with Gasteiger partial charge in [-0.1, -0.05) is 13.5 Å². The second kappa shape index (κ2) is 7.11. The van der Waals surface area contributed by atoms with Crippen LogP contribution in [0.3, 0.4) is 0 Å². The summed E-state index contributed by atoms with van der Waals surface area (Å²) in [5.41, 5.74) is 3.08. The highest BCUT2D eigenvalue weighted by Gasteiger charge is 2.21. The highest BCUT2D eigenvalue weighted by molar-refractivity contribution is 5.92. The largest absolute Gasteiger partial charge is 0.504 e. The third-order valence-electron chi connectivity index (χ3n) is 4.68. The van der Waals surface area contributed by atoms with E-state index in [1.807, 2.05) is 6.07 Å². The second-order valence-corrected chi connectivity index (χ2v) is 6.20. The van der Waals surface area contributed by atoms with Crippen LogP contribution in [0, 0.1) is 0 Å². The third kappa shape index (κ3) is 3.23. The molecule has 0 atom stereocenters. The minimum absolute atomic E-state index is 0. The molecule has 140 valence electrons. The van der Waals surface area contributed by atoms with E-state index in [-0.39, 0.29) is 13.2 Å². The molecule has 0 saturated heterocycles. The molecular formula is C20H21N3O4. The van der Waals surface area contributed by atoms with Crippen molar-refractivity contribution in [3.63, 3.8) is 0 Å². The van der Waals surface area contributed by atoms with Crippen molar-refractivity contribution in [2.24, 2.45) is 0 Å². The van der Waals surface area contributed by atoms with Gasteiger partial charge in [-0.2, -0.15) is 0 Å². The van der Waals surface area contributed by atoms with Crippen LogP contribution in [0.4, 0.5) is 5.82 Å². The van der Waals surface area contributed by atoms with E-state index in [0.717, 1.165) is 28.8 Å². The van der Waals surface area contributed by atoms with Crippen molar-refractivity contribution < 1.29 is 19.7 Å². The number of ether oxygens (including phenoxy) is 1. The van der Waals surface area contributed by atoms with Crippen LogP contribution < -0.4 is 9.64 Å². The van der Waals surface area contributed by atoms with E-state index in [4.69, 9.17) is 9.84 Å². The number of aromatic nitrogens is 2. The summed E-state index contributed by atoms with van der Waals surface area (Å²) in [4.78, 5) is 21.9. The van der Waals surface area contributed by atoms with Crippen molar-refractivity contribution in [3.8, 4) is 11.5 Å². The van der Waals surface area contributed by atoms with Gasteiger partial charge >= 0.3 is 5.97 Å². The number of phenols is 1. The number of methoxy groups -OCH3 is 1. The van der Waals surface area contributed by atoms with E-state index in [9.17, 15) is 9.90 Å². The molecular weight excluding hydrogens is 346 g/mol. The van der Waals surface area contributed by atoms with Gasteiger partial charge in [0.2, 0.25) is 0 Å². The standard InChI is InChI=1S/C19H17N3O4.CH4/c1-26-17-7-14-15(8-16(17)23)20-10-21-18(14)22-5-4-11-6-12(19(24)25)2-3-13(11)9-22;/h2-3,6-8,10,23H,4-5,9H2,1H3,(H,24,25);1H4. The maximum Gasteiger partial charge on any atom is 0.335 e. The van der Waals surface area contributed by atoms with Gasteiger partial charge in [0.15, 0.2) is 11.5 Å². The van der Waals surface area contributed by atoms with Crippen molar-refractivity contribution >= 4 is 22.7 Å². The lowest BCUT2D eigenvalue weighted by molar-refractivity contribution is 0.0696. The van der Waals surface area contributed by atoms with Crippen molar-refractivity contribution in [1.82, 2.24) is 9.97 Å². The van der Waals surface area contributed by atoms with Crippen LogP contribution in [0.5, 0.6) is 11.5 Å². The van der Waals surface area contributed by atoms with Gasteiger partial charge in [-0.05, 0) is 35.7 Å². The molecule has 0 unspecified atom stereocenters. The first kappa shape index (κ1) is 18.4. The number of fused-ring (bicyclic) bond motifs is 2. The fourth-order valence-corrected chi connectivity index (χ4v) is 3.34. The predicted molar refractivity (Wildman–Crippen MR) is 103 cm³/mol. The third-order valence-corrected chi connectivity index (χ3v) is 4.68. The van der Waals surface area contributed by atoms with E-state index in [1.165, 1.54) is 13.4 Å². The van der Waals surface area contributed by atoms with Crippen molar-refractivity contribution in [1.29, 1.82) is 0 Å². The predicted octanol–water partition coefficient (Wildman–Crippen LogP) is 3.24. The van der Waals surface area contributed by atoms with Crippen LogP contribution in [-0.4, -0.2) is 39.8 Å². The highest BCUT2D eigenvalue weighted by Crippen LogP contribution is 2.35. The Balaban J connectivity index is 0.00000210. The summed E-state index contributed by atoms with van der Waals surface area (Å²) in [6.07, 6.45) is 2.21. The van der Waals surface area contributed by atoms with E-state index < -0.39 is 5.97 Å². The Hall–Kier alpha value is -3.35. The van der Waals surface area contributed by atoms with Gasteiger partial charge in [-0.3, -0.25) is 0 Å². The van der Waals surface area contributed by atoms with Gasteiger partial charge in [0.1, 0.15) is 12.1 Å². The average Bonchev–Trinajstić information content (AvgIpc) is 2.66. The zero-order valence-electron chi connectivity index (χ0n) is 14.1. The molecule has 0 aliphatic carbocycles. The molecule has 0 bridgehead atoms. The SMILES string of the molecule is C.COc1cc2c(N3CCc4cc(C(=O)O)ccc4C3)ncnc2cc1O. The number of hydrogen-bond donors (Lipinski definition) is 2. The first-order valence-corrected chi connectivity index (χ1v) is 8.18. The van der Waals surface area contributed by atoms with Crippen molar-refractivity contribution in [2.75, 3.05) is 18.6 Å². The molecule has 1 aromatic heterocycles. The first-order chi connectivity index (χ1) is 12.6. The number of carbonyl (C=O) groups is 1. The molecule has 2 aromatic carbocycles. The number of carboxylic acid groups (broad SMARTS) is 1. The molecule has 0 fully saturated rings. The summed E-state index contributed by atoms with van der Waals surface area (Å²) < 4.78 is 5.21. The molecule has 1 aliphatic rings. The Morgan fingerprint density at radius 2 is 2.00 bits per heavy atom. The summed E-state index contributed by atoms with van der Waals surface area (Å²) in [7, 11) is 1.50. The molecule has 0 radical (unpaired) electrons. The maximum absolute atomic E-state index is 11.1. The average molecular weight is 367 g/mol. The minimum atomic E-state index is -0.913. The van der Waals surface area contributed by atoms with E-state index in [2.05, 4.69) is 14.9 Å². The summed E-state index contributed by atoms with van der Waals surface area (Å²) in [6.45, 7) is 1.34. The monoisotopic (exact) mass is 367 g/mol. The molecule has 7 nitrogen and oxygen atoms in total. The van der Waals surface area contributed by atoms with E-state index >= 15 is 0 Å². The number of hydrogen-bond acceptors (Lipinski definition) is 6. The molecule has 0 spiro atoms. The van der Waals surface area contributed by atoms with Crippen LogP contribution in [0.25, 0.3) is 10.9 Å². The maximum atomic E-state index is 11.1. The summed E-state index contributed by atoms with van der Waals surface area (Å²) in [5, 5.41) is 19.9. The number of aromatic carboxylic acids is 1. The molecule has 1 aliphatic heterocycles. The summed E-state index contributed by atoms with van der Waals surface area (Å²) in [5.74, 6) is 0.261. The first-order valence-electron chi connectivity index (χ1n) is 8.18. The van der Waals surface area contributed by atoms with Crippen LogP contribution in [0.15, 0.2) is 36.7 Å². The van der Waals surface area contributed by atoms with Gasteiger partial charge in [0.05, 0.1) is 18.2 Å². The Morgan fingerprint density at radius 3 is 2.74 bits per heavy atom. The lowest BCUT2D eigenvalue weighted by Gasteiger charge is -2.30. The molecule has 3 aromatic rings. The quantitative estimate of drug-likeness (QED) is 0.733. The Morgan fingerprint density at radius 1 is 1.19 bits per heavy atom. The summed E-state index contributed by atoms with van der Waals surface area (Å²) in [6, 6.07) is 8.54. The van der Waals surface area contributed by atoms with Gasteiger partial charge < -0.3 is 19.8 Å². The van der Waals surface area contributed by atoms with Gasteiger partial charge in [-0.25, -0.2) is 14.8 Å². The van der Waals surface area contributed by atoms with Crippen LogP contribution >= 0.6 is 0 Å². The Bertz CT molecular complexity index is 1020. The molecule has 0 amide bonds. The highest BCUT2D eigenvalue weighted by atomic mass is 16.5. The normalized spacial score (nSPS) is 13.0. The van der Waals surface area contributed by atoms with Crippen LogP contribution in [-0.2, 0) is 13.0 Å². The minimum Gasteiger partial charge on any atom is -0.504 e. The Kier molecular flexibility index (Phi) is 4.85. The fraction of sp³-hybridized carbons (Fsp3) is 0.250. The number of aromatic hydroxyl groups is 1. The molecule has 2 heterocycles. The number of rotatable bonds is 3. The summed E-state index contributed by atoms with van der Waals surface area (Å²) >= 11 is 0. The smallest absolute Gasteiger partial charge is 0.335 e. The van der Waals surface area contributed by atoms with E-state index in [0.29, 0.717) is 29.9 Å². The second-order valence-electron chi connectivity index (χ2n) is 6.20. The van der Waals surface area contributed by atoms with Crippen molar-refractivity contribution in [2.45, 2.75) is 20.4 Å². The Labute approximate surface area is 156 Å². The number of phenolic OH excluding ortho intramolecular Hbond substituents is 1. The molecule has 27 heavy (non-hydrogen) atoms. The molecule has 4 rings (SSSR count). The van der Waals surface area contributed by atoms with Gasteiger partial charge in [0.25, 0.3) is 0 Å². The molecule has 0 saturated carbocycles. The zero-order chi connectivity index (χ0) is 18.3. The van der Waals surface area contributed by atoms with Gasteiger partial charge in [-0.15, -0.1) is 0 Å². The van der Waals surface area contributed by atoms with Gasteiger partial charge in [0, 0.05) is 24.5 Å². The fourth-order valence-electron chi connectivity index (χ4n) is 3.34. The lowest BCUT2D eigenvalue weighted by Crippen LogP contribution is -2.31. The van der Waals surface area contributed by atoms with E-state index in [1.54, 1.807) is 24.3 Å². The van der Waals surface area contributed by atoms with Crippen molar-refractivity contribution in [3.05, 3.63) is 53.3 Å². The number of nitrogens with zero attached hydrogens (tertiary/aromatic N) is 3. The number of anilines is 1. The zero-order valence-corrected chi connectivity index (χ0v) is 14.1. The lowest BCUT2D eigenvalue weighted by atomic mass is 9.97. The van der Waals surface area contributed by atoms with Crippen LogP contribution in [0.2, 0.25) is 0 Å². The molecule has 7 heteroatoms. The topological polar surface area (TPSA) is 95.8 Å². The number of carboxylic acids is 1. The van der Waals surface area contributed by atoms with Crippen LogP contribution in [0.1, 0.15) is 28.9 Å². The number of benzene rings is 2.